The molecule has 0 fully saturated rings. The number of hydrogen-bond acceptors (Lipinski definition) is 1. The third kappa shape index (κ3) is 4.95. The summed E-state index contributed by atoms with van der Waals surface area (Å²) in [6.07, 6.45) is 3.00. The largest absolute Gasteiger partial charge is 0.252 e. The molecule has 216 valence electrons. The molecule has 7 aromatic rings. The Bertz CT molecular complexity index is 2180. The number of aliphatic imine (C=N–C) groups is 1. The zero-order chi connectivity index (χ0) is 30.2. The molecule has 1 aliphatic heterocycles. The third-order valence-corrected chi connectivity index (χ3v) is 9.45. The average molecular weight is 578 g/mol. The van der Waals surface area contributed by atoms with Crippen LogP contribution in [0.5, 0.6) is 0 Å². The van der Waals surface area contributed by atoms with Gasteiger partial charge in [-0.3, -0.25) is 4.99 Å². The zero-order valence-corrected chi connectivity index (χ0v) is 25.6. The Labute approximate surface area is 265 Å². The molecule has 1 atom stereocenters. The van der Waals surface area contributed by atoms with Gasteiger partial charge in [0.05, 0.1) is 11.4 Å². The normalized spacial score (nSPS) is 14.1. The fraction of sp³-hybridized carbons (Fsp3) is 0.114. The molecule has 0 radical (unpaired) electrons. The second-order valence-corrected chi connectivity index (χ2v) is 12.1. The first-order valence-corrected chi connectivity index (χ1v) is 16.1. The first-order chi connectivity index (χ1) is 22.3. The quantitative estimate of drug-likeness (QED) is 0.167. The van der Waals surface area contributed by atoms with Crippen LogP contribution in [0.1, 0.15) is 41.5 Å². The van der Waals surface area contributed by atoms with Crippen LogP contribution < -0.4 is 0 Å². The van der Waals surface area contributed by atoms with Crippen LogP contribution >= 0.6 is 0 Å². The number of hydrogen-bond donors (Lipinski definition) is 0. The number of fused-ring (bicyclic) bond motifs is 3. The Morgan fingerprint density at radius 3 is 1.60 bits per heavy atom. The Balaban J connectivity index is 1.29. The molecule has 1 heterocycles. The predicted molar refractivity (Wildman–Crippen MR) is 192 cm³/mol. The SMILES string of the molecule is CCc1ccc2c(-c3ccccc3)c3cc(CCC4C(c5ccccc5)=Nc5ccccc54)ccc3c(-c3ccccc3)c2c1. The molecular formula is C44H35N. The topological polar surface area (TPSA) is 12.4 Å². The van der Waals surface area contributed by atoms with Crippen molar-refractivity contribution in [1.29, 1.82) is 0 Å². The number of aryl methyl sites for hydroxylation is 2. The van der Waals surface area contributed by atoms with E-state index in [1.54, 1.807) is 0 Å². The molecule has 0 aromatic heterocycles. The Hall–Kier alpha value is -5.27. The molecule has 45 heavy (non-hydrogen) atoms. The number of nitrogens with zero attached hydrogens (tertiary/aromatic N) is 1. The van der Waals surface area contributed by atoms with Crippen molar-refractivity contribution < 1.29 is 0 Å². The minimum absolute atomic E-state index is 0.275. The average Bonchev–Trinajstić information content (AvgIpc) is 3.49. The lowest BCUT2D eigenvalue weighted by Gasteiger charge is -2.20. The monoisotopic (exact) mass is 577 g/mol. The molecule has 7 aromatic carbocycles. The maximum Gasteiger partial charge on any atom is 0.0672 e. The van der Waals surface area contributed by atoms with Crippen molar-refractivity contribution in [2.75, 3.05) is 0 Å². The third-order valence-electron chi connectivity index (χ3n) is 9.45. The lowest BCUT2D eigenvalue weighted by molar-refractivity contribution is 0.778. The van der Waals surface area contributed by atoms with Gasteiger partial charge in [0.1, 0.15) is 0 Å². The van der Waals surface area contributed by atoms with E-state index in [0.29, 0.717) is 0 Å². The van der Waals surface area contributed by atoms with Crippen LogP contribution in [-0.2, 0) is 12.8 Å². The van der Waals surface area contributed by atoms with Crippen LogP contribution in [0.4, 0.5) is 5.69 Å². The van der Waals surface area contributed by atoms with Gasteiger partial charge in [0.25, 0.3) is 0 Å². The number of rotatable bonds is 7. The molecule has 0 saturated heterocycles. The predicted octanol–water partition coefficient (Wildman–Crippen LogP) is 11.7. The van der Waals surface area contributed by atoms with E-state index in [1.165, 1.54) is 71.8 Å². The minimum Gasteiger partial charge on any atom is -0.252 e. The summed E-state index contributed by atoms with van der Waals surface area (Å²) >= 11 is 0. The molecule has 0 aliphatic carbocycles. The Morgan fingerprint density at radius 2 is 1.00 bits per heavy atom. The molecule has 1 aliphatic rings. The van der Waals surface area contributed by atoms with Crippen LogP contribution in [0.25, 0.3) is 43.8 Å². The van der Waals surface area contributed by atoms with Gasteiger partial charge in [-0.25, -0.2) is 0 Å². The smallest absolute Gasteiger partial charge is 0.0672 e. The summed E-state index contributed by atoms with van der Waals surface area (Å²) in [5.41, 5.74) is 12.7. The summed E-state index contributed by atoms with van der Waals surface area (Å²) in [6.45, 7) is 2.24. The van der Waals surface area contributed by atoms with Crippen LogP contribution in [-0.4, -0.2) is 5.71 Å². The first-order valence-electron chi connectivity index (χ1n) is 16.1. The maximum absolute atomic E-state index is 5.13. The highest BCUT2D eigenvalue weighted by atomic mass is 14.8. The Kier molecular flexibility index (Phi) is 7.08. The van der Waals surface area contributed by atoms with E-state index in [4.69, 9.17) is 4.99 Å². The molecule has 0 saturated carbocycles. The lowest BCUT2D eigenvalue weighted by Crippen LogP contribution is -2.11. The molecule has 0 N–H and O–H groups in total. The zero-order valence-electron chi connectivity index (χ0n) is 25.6. The van der Waals surface area contributed by atoms with Crippen molar-refractivity contribution in [1.82, 2.24) is 0 Å². The van der Waals surface area contributed by atoms with Gasteiger partial charge in [0.15, 0.2) is 0 Å². The van der Waals surface area contributed by atoms with E-state index < -0.39 is 0 Å². The molecule has 1 nitrogen and oxygen atoms in total. The summed E-state index contributed by atoms with van der Waals surface area (Å²) in [4.78, 5) is 5.13. The molecule has 1 heteroatoms. The highest BCUT2D eigenvalue weighted by molar-refractivity contribution is 6.21. The van der Waals surface area contributed by atoms with Gasteiger partial charge in [-0.05, 0) is 91.4 Å². The second kappa shape index (κ2) is 11.7. The van der Waals surface area contributed by atoms with E-state index >= 15 is 0 Å². The fourth-order valence-electron chi connectivity index (χ4n) is 7.25. The first kappa shape index (κ1) is 27.3. The summed E-state index contributed by atoms with van der Waals surface area (Å²) in [5.74, 6) is 0.275. The number of benzene rings is 7. The minimum atomic E-state index is 0.275. The summed E-state index contributed by atoms with van der Waals surface area (Å²) in [7, 11) is 0. The summed E-state index contributed by atoms with van der Waals surface area (Å²) in [5, 5.41) is 5.26. The molecule has 0 amide bonds. The second-order valence-electron chi connectivity index (χ2n) is 12.1. The van der Waals surface area contributed by atoms with Gasteiger partial charge in [-0.2, -0.15) is 0 Å². The van der Waals surface area contributed by atoms with Gasteiger partial charge in [0, 0.05) is 5.92 Å². The van der Waals surface area contributed by atoms with Crippen molar-refractivity contribution in [2.45, 2.75) is 32.1 Å². The highest BCUT2D eigenvalue weighted by Crippen LogP contribution is 2.45. The van der Waals surface area contributed by atoms with Gasteiger partial charge >= 0.3 is 0 Å². The van der Waals surface area contributed by atoms with Crippen LogP contribution in [0.15, 0.2) is 157 Å². The van der Waals surface area contributed by atoms with Gasteiger partial charge in [0.2, 0.25) is 0 Å². The van der Waals surface area contributed by atoms with E-state index in [9.17, 15) is 0 Å². The summed E-state index contributed by atoms with van der Waals surface area (Å²) in [6, 6.07) is 55.5. The van der Waals surface area contributed by atoms with E-state index in [2.05, 4.69) is 159 Å². The molecule has 8 rings (SSSR count). The maximum atomic E-state index is 5.13. The highest BCUT2D eigenvalue weighted by Gasteiger charge is 2.28. The van der Waals surface area contributed by atoms with Gasteiger partial charge in [-0.1, -0.05) is 153 Å². The molecular weight excluding hydrogens is 542 g/mol. The van der Waals surface area contributed by atoms with Crippen LogP contribution in [0.2, 0.25) is 0 Å². The van der Waals surface area contributed by atoms with Crippen molar-refractivity contribution >= 4 is 32.9 Å². The van der Waals surface area contributed by atoms with Crippen molar-refractivity contribution in [3.8, 4) is 22.3 Å². The molecule has 0 bridgehead atoms. The standard InChI is InChI=1S/C44H35N/c1-2-30-22-25-36-39(28-30)42(32-14-6-3-7-15-32)37-26-23-31(29-40(37)43(36)33-16-8-4-9-17-33)24-27-38-35-20-12-13-21-41(35)45-44(38)34-18-10-5-11-19-34/h3-23,25-26,28-29,38H,2,24,27H2,1H3. The summed E-state index contributed by atoms with van der Waals surface area (Å²) < 4.78 is 0. The van der Waals surface area contributed by atoms with E-state index in [-0.39, 0.29) is 5.92 Å². The van der Waals surface area contributed by atoms with Crippen molar-refractivity contribution in [3.63, 3.8) is 0 Å². The van der Waals surface area contributed by atoms with Gasteiger partial charge in [-0.15, -0.1) is 0 Å². The van der Waals surface area contributed by atoms with E-state index in [0.717, 1.165) is 24.9 Å². The molecule has 0 spiro atoms. The van der Waals surface area contributed by atoms with Crippen molar-refractivity contribution in [3.05, 3.63) is 174 Å². The lowest BCUT2D eigenvalue weighted by atomic mass is 9.83. The van der Waals surface area contributed by atoms with Crippen molar-refractivity contribution in [2.24, 2.45) is 4.99 Å². The fourth-order valence-corrected chi connectivity index (χ4v) is 7.25. The van der Waals surface area contributed by atoms with E-state index in [1.807, 2.05) is 0 Å². The number of para-hydroxylation sites is 1. The van der Waals surface area contributed by atoms with Crippen LogP contribution in [0, 0.1) is 0 Å². The molecule has 1 unspecified atom stereocenters. The van der Waals surface area contributed by atoms with Crippen LogP contribution in [0.3, 0.4) is 0 Å². The van der Waals surface area contributed by atoms with Gasteiger partial charge < -0.3 is 0 Å². The Morgan fingerprint density at radius 1 is 0.489 bits per heavy atom.